The minimum atomic E-state index is -0.929. The summed E-state index contributed by atoms with van der Waals surface area (Å²) in [5, 5.41) is 21.1. The maximum absolute atomic E-state index is 10.7. The fraction of sp³-hybridized carbons (Fsp3) is 0.500. The van der Waals surface area contributed by atoms with Gasteiger partial charge in [0.25, 0.3) is 0 Å². The highest BCUT2D eigenvalue weighted by molar-refractivity contribution is 5.14. The normalized spacial score (nSPS) is 25.2. The summed E-state index contributed by atoms with van der Waals surface area (Å²) >= 11 is 0. The first kappa shape index (κ1) is 21.9. The van der Waals surface area contributed by atoms with E-state index in [1.165, 1.54) is 0 Å². The molecule has 1 fully saturated rings. The summed E-state index contributed by atoms with van der Waals surface area (Å²) in [7, 11) is 0. The average molecular weight is 400 g/mol. The number of unbranched alkanes of at least 4 members (excludes halogenated alkanes) is 1. The Bertz CT molecular complexity index is 697. The number of aliphatic hydroxyl groups excluding tert-OH is 2. The topological polar surface area (TPSA) is 62.2 Å². The Balaban J connectivity index is 1.68. The number of hydrogen-bond donors (Lipinski definition) is 2. The second kappa shape index (κ2) is 11.4. The van der Waals surface area contributed by atoms with Crippen LogP contribution >= 0.6 is 0 Å². The third kappa shape index (κ3) is 6.36. The van der Waals surface area contributed by atoms with E-state index in [-0.39, 0.29) is 6.04 Å². The van der Waals surface area contributed by atoms with Crippen LogP contribution in [0.4, 0.5) is 0 Å². The van der Waals surface area contributed by atoms with Gasteiger partial charge in [0, 0.05) is 6.54 Å². The molecule has 1 heterocycles. The van der Waals surface area contributed by atoms with Gasteiger partial charge in [-0.2, -0.15) is 0 Å². The van der Waals surface area contributed by atoms with Crippen LogP contribution in [-0.4, -0.2) is 59.2 Å². The monoisotopic (exact) mass is 399 g/mol. The Morgan fingerprint density at radius 1 is 0.931 bits per heavy atom. The number of benzene rings is 2. The maximum Gasteiger partial charge on any atom is 0.109 e. The van der Waals surface area contributed by atoms with Crippen LogP contribution in [0.3, 0.4) is 0 Å². The molecule has 3 rings (SSSR count). The van der Waals surface area contributed by atoms with Crippen molar-refractivity contribution in [3.05, 3.63) is 71.8 Å². The van der Waals surface area contributed by atoms with Gasteiger partial charge in [0.15, 0.2) is 0 Å². The molecule has 158 valence electrons. The first-order chi connectivity index (χ1) is 14.2. The van der Waals surface area contributed by atoms with E-state index in [0.29, 0.717) is 26.4 Å². The third-order valence-electron chi connectivity index (χ3n) is 5.48. The number of aliphatic hydroxyl groups is 2. The van der Waals surface area contributed by atoms with E-state index in [1.54, 1.807) is 0 Å². The van der Waals surface area contributed by atoms with Gasteiger partial charge in [0.2, 0.25) is 0 Å². The number of ether oxygens (including phenoxy) is 2. The molecule has 2 aromatic carbocycles. The molecule has 0 bridgehead atoms. The van der Waals surface area contributed by atoms with Crippen LogP contribution in [0.15, 0.2) is 60.7 Å². The molecule has 0 radical (unpaired) electrons. The van der Waals surface area contributed by atoms with E-state index < -0.39 is 18.3 Å². The zero-order valence-electron chi connectivity index (χ0n) is 17.2. The average Bonchev–Trinajstić information content (AvgIpc) is 2.76. The van der Waals surface area contributed by atoms with Crippen molar-refractivity contribution in [1.82, 2.24) is 4.90 Å². The molecule has 0 unspecified atom stereocenters. The summed E-state index contributed by atoms with van der Waals surface area (Å²) < 4.78 is 12.2. The highest BCUT2D eigenvalue weighted by Crippen LogP contribution is 2.24. The molecule has 0 spiro atoms. The second-order valence-electron chi connectivity index (χ2n) is 7.74. The number of hydrogen-bond acceptors (Lipinski definition) is 5. The van der Waals surface area contributed by atoms with Crippen LogP contribution in [0.1, 0.15) is 30.9 Å². The summed E-state index contributed by atoms with van der Waals surface area (Å²) in [5.74, 6) is 0. The quantitative estimate of drug-likeness (QED) is 0.643. The number of β-amino-alcohol motifs (C(OH)–C–C–N with tert-alkyl or cyclic N) is 1. The van der Waals surface area contributed by atoms with Crippen LogP contribution in [0.5, 0.6) is 0 Å². The molecule has 0 aliphatic carbocycles. The van der Waals surface area contributed by atoms with Gasteiger partial charge < -0.3 is 19.7 Å². The SMILES string of the molecule is CCCCN1C[C@@H](O)[C@@H](O)[C@H](OCc2ccccc2)[C@H]1COCc1ccccc1. The number of likely N-dealkylation sites (tertiary alicyclic amines) is 1. The third-order valence-corrected chi connectivity index (χ3v) is 5.48. The van der Waals surface area contributed by atoms with Crippen molar-refractivity contribution >= 4 is 0 Å². The Hall–Kier alpha value is -1.76. The first-order valence-corrected chi connectivity index (χ1v) is 10.6. The molecule has 0 aromatic heterocycles. The zero-order chi connectivity index (χ0) is 20.5. The van der Waals surface area contributed by atoms with Crippen LogP contribution < -0.4 is 0 Å². The van der Waals surface area contributed by atoms with Crippen LogP contribution in [0.2, 0.25) is 0 Å². The molecular formula is C24H33NO4. The lowest BCUT2D eigenvalue weighted by molar-refractivity contribution is -0.175. The summed E-state index contributed by atoms with van der Waals surface area (Å²) in [6.07, 6.45) is -0.155. The Morgan fingerprint density at radius 3 is 2.17 bits per heavy atom. The first-order valence-electron chi connectivity index (χ1n) is 10.6. The lowest BCUT2D eigenvalue weighted by atomic mass is 9.93. The Kier molecular flexibility index (Phi) is 8.65. The van der Waals surface area contributed by atoms with Crippen molar-refractivity contribution in [2.45, 2.75) is 57.3 Å². The van der Waals surface area contributed by atoms with Gasteiger partial charge in [-0.3, -0.25) is 4.90 Å². The van der Waals surface area contributed by atoms with Gasteiger partial charge >= 0.3 is 0 Å². The second-order valence-corrected chi connectivity index (χ2v) is 7.74. The van der Waals surface area contributed by atoms with Crippen LogP contribution in [-0.2, 0) is 22.7 Å². The van der Waals surface area contributed by atoms with E-state index in [0.717, 1.165) is 30.5 Å². The van der Waals surface area contributed by atoms with Gasteiger partial charge in [0.1, 0.15) is 12.2 Å². The van der Waals surface area contributed by atoms with Gasteiger partial charge in [-0.15, -0.1) is 0 Å². The summed E-state index contributed by atoms with van der Waals surface area (Å²) in [5.41, 5.74) is 2.16. The van der Waals surface area contributed by atoms with E-state index >= 15 is 0 Å². The highest BCUT2D eigenvalue weighted by atomic mass is 16.5. The smallest absolute Gasteiger partial charge is 0.109 e. The molecule has 0 saturated carbocycles. The van der Waals surface area contributed by atoms with Crippen molar-refractivity contribution in [2.24, 2.45) is 0 Å². The van der Waals surface area contributed by atoms with Crippen molar-refractivity contribution in [1.29, 1.82) is 0 Å². The van der Waals surface area contributed by atoms with E-state index in [2.05, 4.69) is 11.8 Å². The molecular weight excluding hydrogens is 366 g/mol. The van der Waals surface area contributed by atoms with E-state index in [1.807, 2.05) is 60.7 Å². The minimum Gasteiger partial charge on any atom is -0.389 e. The molecule has 1 aliphatic heterocycles. The lowest BCUT2D eigenvalue weighted by Crippen LogP contribution is -2.63. The van der Waals surface area contributed by atoms with Crippen LogP contribution in [0.25, 0.3) is 0 Å². The molecule has 5 nitrogen and oxygen atoms in total. The largest absolute Gasteiger partial charge is 0.389 e. The fourth-order valence-electron chi connectivity index (χ4n) is 3.80. The highest BCUT2D eigenvalue weighted by Gasteiger charge is 2.42. The fourth-order valence-corrected chi connectivity index (χ4v) is 3.80. The molecule has 29 heavy (non-hydrogen) atoms. The number of piperidine rings is 1. The van der Waals surface area contributed by atoms with E-state index in [9.17, 15) is 10.2 Å². The lowest BCUT2D eigenvalue weighted by Gasteiger charge is -2.45. The molecule has 2 N–H and O–H groups in total. The molecule has 4 atom stereocenters. The van der Waals surface area contributed by atoms with E-state index in [4.69, 9.17) is 9.47 Å². The minimum absolute atomic E-state index is 0.104. The van der Waals surface area contributed by atoms with Gasteiger partial charge in [-0.1, -0.05) is 74.0 Å². The van der Waals surface area contributed by atoms with Crippen molar-refractivity contribution in [2.75, 3.05) is 19.7 Å². The predicted octanol–water partition coefficient (Wildman–Crippen LogP) is 2.99. The summed E-state index contributed by atoms with van der Waals surface area (Å²) in [6, 6.07) is 19.9. The number of rotatable bonds is 10. The maximum atomic E-state index is 10.7. The molecule has 5 heteroatoms. The number of nitrogens with zero attached hydrogens (tertiary/aromatic N) is 1. The van der Waals surface area contributed by atoms with Gasteiger partial charge in [0.05, 0.1) is 32.0 Å². The predicted molar refractivity (Wildman–Crippen MR) is 113 cm³/mol. The van der Waals surface area contributed by atoms with Crippen LogP contribution in [0, 0.1) is 0 Å². The molecule has 2 aromatic rings. The molecule has 1 saturated heterocycles. The molecule has 1 aliphatic rings. The standard InChI is InChI=1S/C24H33NO4/c1-2-3-14-25-15-22(26)23(27)24(29-17-20-12-8-5-9-13-20)21(25)18-28-16-19-10-6-4-7-11-19/h4-13,21-24,26-27H,2-3,14-18H2,1H3/t21-,22-,23-,24-/m1/s1. The zero-order valence-corrected chi connectivity index (χ0v) is 17.2. The van der Waals surface area contributed by atoms with Crippen molar-refractivity contribution in [3.63, 3.8) is 0 Å². The molecule has 0 amide bonds. The summed E-state index contributed by atoms with van der Waals surface area (Å²) in [4.78, 5) is 2.21. The Morgan fingerprint density at radius 2 is 1.55 bits per heavy atom. The van der Waals surface area contributed by atoms with Gasteiger partial charge in [-0.25, -0.2) is 0 Å². The van der Waals surface area contributed by atoms with Gasteiger partial charge in [-0.05, 0) is 24.1 Å². The van der Waals surface area contributed by atoms with Crippen molar-refractivity contribution < 1.29 is 19.7 Å². The summed E-state index contributed by atoms with van der Waals surface area (Å²) in [6.45, 7) is 4.80. The Labute approximate surface area is 173 Å². The van der Waals surface area contributed by atoms with Crippen molar-refractivity contribution in [3.8, 4) is 0 Å².